The van der Waals surface area contributed by atoms with Crippen LogP contribution in [0.1, 0.15) is 27.7 Å². The molecule has 6 heteroatoms. The van der Waals surface area contributed by atoms with Gasteiger partial charge in [0.1, 0.15) is 5.60 Å². The van der Waals surface area contributed by atoms with Crippen molar-refractivity contribution >= 4 is 12.0 Å². The van der Waals surface area contributed by atoms with Crippen LogP contribution in [0.4, 0.5) is 4.79 Å². The molecule has 0 aromatic heterocycles. The zero-order valence-corrected chi connectivity index (χ0v) is 10.9. The van der Waals surface area contributed by atoms with Crippen molar-refractivity contribution in [1.82, 2.24) is 10.6 Å². The summed E-state index contributed by atoms with van der Waals surface area (Å²) in [6.45, 7) is 7.17. The van der Waals surface area contributed by atoms with E-state index in [4.69, 9.17) is 9.84 Å². The Bertz CT molecular complexity index is 261. The average molecular weight is 246 g/mol. The van der Waals surface area contributed by atoms with Crippen molar-refractivity contribution in [1.29, 1.82) is 0 Å². The Morgan fingerprint density at radius 3 is 2.18 bits per heavy atom. The van der Waals surface area contributed by atoms with E-state index in [0.717, 1.165) is 0 Å². The standard InChI is InChI=1S/C11H22N2O4/c1-8(15)12-5-9(7-14)6-13-10(16)17-11(2,3)4/h9,14H,5-7H2,1-4H3,(H,12,15)(H,13,16). The number of nitrogens with one attached hydrogen (secondary N) is 2. The minimum atomic E-state index is -0.545. The molecule has 100 valence electrons. The van der Waals surface area contributed by atoms with Gasteiger partial charge in [-0.25, -0.2) is 4.79 Å². The molecular formula is C11H22N2O4. The van der Waals surface area contributed by atoms with E-state index in [-0.39, 0.29) is 25.0 Å². The van der Waals surface area contributed by atoms with E-state index >= 15 is 0 Å². The maximum absolute atomic E-state index is 11.3. The van der Waals surface area contributed by atoms with Gasteiger partial charge in [0.05, 0.1) is 0 Å². The number of carbonyl (C=O) groups is 2. The summed E-state index contributed by atoms with van der Waals surface area (Å²) < 4.78 is 5.04. The largest absolute Gasteiger partial charge is 0.444 e. The second-order valence-electron chi connectivity index (χ2n) is 4.87. The van der Waals surface area contributed by atoms with Crippen molar-refractivity contribution < 1.29 is 19.4 Å². The fourth-order valence-corrected chi connectivity index (χ4v) is 1.03. The molecule has 0 aromatic carbocycles. The van der Waals surface area contributed by atoms with Gasteiger partial charge < -0.3 is 20.5 Å². The number of aliphatic hydroxyl groups excluding tert-OH is 1. The molecule has 0 saturated heterocycles. The van der Waals surface area contributed by atoms with Crippen molar-refractivity contribution in [3.8, 4) is 0 Å². The van der Waals surface area contributed by atoms with E-state index in [1.807, 2.05) is 0 Å². The Hall–Kier alpha value is -1.30. The molecule has 0 saturated carbocycles. The van der Waals surface area contributed by atoms with Gasteiger partial charge in [0.25, 0.3) is 0 Å². The summed E-state index contributed by atoms with van der Waals surface area (Å²) in [7, 11) is 0. The molecule has 2 amide bonds. The predicted molar refractivity (Wildman–Crippen MR) is 63.5 cm³/mol. The lowest BCUT2D eigenvalue weighted by Crippen LogP contribution is -2.39. The van der Waals surface area contributed by atoms with E-state index in [1.165, 1.54) is 6.92 Å². The molecule has 0 rings (SSSR count). The Morgan fingerprint density at radius 2 is 1.76 bits per heavy atom. The highest BCUT2D eigenvalue weighted by atomic mass is 16.6. The first-order valence-corrected chi connectivity index (χ1v) is 5.56. The second-order valence-corrected chi connectivity index (χ2v) is 4.87. The van der Waals surface area contributed by atoms with Gasteiger partial charge in [-0.05, 0) is 20.8 Å². The maximum atomic E-state index is 11.3. The number of carbonyl (C=O) groups excluding carboxylic acids is 2. The van der Waals surface area contributed by atoms with Gasteiger partial charge in [0.2, 0.25) is 5.91 Å². The quantitative estimate of drug-likeness (QED) is 0.649. The maximum Gasteiger partial charge on any atom is 0.407 e. The molecule has 1 atom stereocenters. The first kappa shape index (κ1) is 15.7. The highest BCUT2D eigenvalue weighted by Crippen LogP contribution is 2.06. The molecule has 0 bridgehead atoms. The van der Waals surface area contributed by atoms with Gasteiger partial charge in [-0.15, -0.1) is 0 Å². The number of aliphatic hydroxyl groups is 1. The van der Waals surface area contributed by atoms with E-state index in [0.29, 0.717) is 6.54 Å². The van der Waals surface area contributed by atoms with Crippen molar-refractivity contribution in [2.45, 2.75) is 33.3 Å². The summed E-state index contributed by atoms with van der Waals surface area (Å²) in [6.07, 6.45) is -0.529. The zero-order valence-electron chi connectivity index (χ0n) is 10.9. The third kappa shape index (κ3) is 9.62. The number of hydrogen-bond donors (Lipinski definition) is 3. The lowest BCUT2D eigenvalue weighted by molar-refractivity contribution is -0.119. The van der Waals surface area contributed by atoms with E-state index in [2.05, 4.69) is 10.6 Å². The third-order valence-corrected chi connectivity index (χ3v) is 1.83. The third-order valence-electron chi connectivity index (χ3n) is 1.83. The van der Waals surface area contributed by atoms with Gasteiger partial charge >= 0.3 is 6.09 Å². The lowest BCUT2D eigenvalue weighted by Gasteiger charge is -2.21. The summed E-state index contributed by atoms with van der Waals surface area (Å²) in [6, 6.07) is 0. The van der Waals surface area contributed by atoms with Crippen LogP contribution in [0, 0.1) is 5.92 Å². The van der Waals surface area contributed by atoms with Crippen LogP contribution >= 0.6 is 0 Å². The molecule has 0 aromatic rings. The molecule has 0 radical (unpaired) electrons. The monoisotopic (exact) mass is 246 g/mol. The number of rotatable bonds is 5. The van der Waals surface area contributed by atoms with Gasteiger partial charge in [0, 0.05) is 32.5 Å². The van der Waals surface area contributed by atoms with Crippen LogP contribution in [0.3, 0.4) is 0 Å². The van der Waals surface area contributed by atoms with Crippen LogP contribution in [-0.4, -0.2) is 42.4 Å². The van der Waals surface area contributed by atoms with Crippen molar-refractivity contribution in [3.05, 3.63) is 0 Å². The molecule has 17 heavy (non-hydrogen) atoms. The molecule has 0 spiro atoms. The molecule has 0 aliphatic heterocycles. The summed E-state index contributed by atoms with van der Waals surface area (Å²) in [5, 5.41) is 14.2. The molecule has 6 nitrogen and oxygen atoms in total. The fourth-order valence-electron chi connectivity index (χ4n) is 1.03. The number of ether oxygens (including phenoxy) is 1. The molecule has 3 N–H and O–H groups in total. The van der Waals surface area contributed by atoms with E-state index in [1.54, 1.807) is 20.8 Å². The van der Waals surface area contributed by atoms with Gasteiger partial charge in [-0.3, -0.25) is 4.79 Å². The molecule has 1 unspecified atom stereocenters. The van der Waals surface area contributed by atoms with Crippen LogP contribution < -0.4 is 10.6 Å². The smallest absolute Gasteiger partial charge is 0.407 e. The molecule has 0 fully saturated rings. The topological polar surface area (TPSA) is 87.7 Å². The fraction of sp³-hybridized carbons (Fsp3) is 0.818. The number of amides is 2. The van der Waals surface area contributed by atoms with E-state index < -0.39 is 11.7 Å². The normalized spacial score (nSPS) is 12.8. The Kier molecular flexibility index (Phi) is 6.57. The summed E-state index contributed by atoms with van der Waals surface area (Å²) in [4.78, 5) is 22.0. The average Bonchev–Trinajstić information content (AvgIpc) is 2.14. The molecule has 0 aliphatic rings. The summed E-state index contributed by atoms with van der Waals surface area (Å²) in [5.74, 6) is -0.382. The molecule has 0 aliphatic carbocycles. The number of alkyl carbamates (subject to hydrolysis) is 1. The van der Waals surface area contributed by atoms with Crippen LogP contribution in [0.15, 0.2) is 0 Å². The predicted octanol–water partition coefficient (Wildman–Crippen LogP) is 0.256. The van der Waals surface area contributed by atoms with Crippen molar-refractivity contribution in [3.63, 3.8) is 0 Å². The zero-order chi connectivity index (χ0) is 13.5. The minimum Gasteiger partial charge on any atom is -0.444 e. The van der Waals surface area contributed by atoms with Crippen molar-refractivity contribution in [2.24, 2.45) is 5.92 Å². The SMILES string of the molecule is CC(=O)NCC(CO)CNC(=O)OC(C)(C)C. The molecular weight excluding hydrogens is 224 g/mol. The summed E-state index contributed by atoms with van der Waals surface area (Å²) in [5.41, 5.74) is -0.545. The first-order valence-electron chi connectivity index (χ1n) is 5.56. The van der Waals surface area contributed by atoms with Crippen LogP contribution in [0.5, 0.6) is 0 Å². The first-order chi connectivity index (χ1) is 7.74. The highest BCUT2D eigenvalue weighted by molar-refractivity contribution is 5.72. The van der Waals surface area contributed by atoms with E-state index in [9.17, 15) is 9.59 Å². The summed E-state index contributed by atoms with van der Waals surface area (Å²) >= 11 is 0. The number of hydrogen-bond acceptors (Lipinski definition) is 4. The highest BCUT2D eigenvalue weighted by Gasteiger charge is 2.17. The molecule has 0 heterocycles. The second kappa shape index (κ2) is 7.11. The van der Waals surface area contributed by atoms with Crippen LogP contribution in [0.25, 0.3) is 0 Å². The van der Waals surface area contributed by atoms with Gasteiger partial charge in [-0.2, -0.15) is 0 Å². The Morgan fingerprint density at radius 1 is 1.24 bits per heavy atom. The Balaban J connectivity index is 3.90. The van der Waals surface area contributed by atoms with Crippen molar-refractivity contribution in [2.75, 3.05) is 19.7 Å². The lowest BCUT2D eigenvalue weighted by atomic mass is 10.1. The van der Waals surface area contributed by atoms with Crippen LogP contribution in [0.2, 0.25) is 0 Å². The Labute approximate surface area is 102 Å². The van der Waals surface area contributed by atoms with Crippen LogP contribution in [-0.2, 0) is 9.53 Å². The van der Waals surface area contributed by atoms with Gasteiger partial charge in [-0.1, -0.05) is 0 Å². The minimum absolute atomic E-state index is 0.115. The van der Waals surface area contributed by atoms with Gasteiger partial charge in [0.15, 0.2) is 0 Å².